The van der Waals surface area contributed by atoms with E-state index in [9.17, 15) is 19.1 Å². The van der Waals surface area contributed by atoms with Crippen LogP contribution in [-0.2, 0) is 11.8 Å². The van der Waals surface area contributed by atoms with Crippen LogP contribution in [0.25, 0.3) is 10.9 Å². The van der Waals surface area contributed by atoms with Crippen molar-refractivity contribution >= 4 is 22.6 Å². The summed E-state index contributed by atoms with van der Waals surface area (Å²) in [5, 5.41) is 18.8. The van der Waals surface area contributed by atoms with Crippen molar-refractivity contribution < 1.29 is 28.6 Å². The van der Waals surface area contributed by atoms with Gasteiger partial charge in [-0.3, -0.25) is 14.3 Å². The Hall–Kier alpha value is -3.50. The largest absolute Gasteiger partial charge is 0.486 e. The highest BCUT2D eigenvalue weighted by molar-refractivity contribution is 6.43. The van der Waals surface area contributed by atoms with Crippen molar-refractivity contribution in [2.75, 3.05) is 32.8 Å². The minimum Gasteiger partial charge on any atom is -0.486 e. The van der Waals surface area contributed by atoms with Crippen LogP contribution in [-0.4, -0.2) is 70.4 Å². The quantitative estimate of drug-likeness (QED) is 0.392. The minimum absolute atomic E-state index is 0.00769. The molecule has 1 amide bonds. The number of aliphatic hydroxyl groups excluding tert-OH is 1. The number of likely N-dealkylation sites (tertiary alicyclic amines) is 1. The van der Waals surface area contributed by atoms with Crippen LogP contribution in [0, 0.1) is 5.82 Å². The Balaban J connectivity index is 1.38. The predicted octanol–water partition coefficient (Wildman–Crippen LogP) is 1.98. The van der Waals surface area contributed by atoms with E-state index in [-0.39, 0.29) is 35.8 Å². The molecule has 1 aromatic heterocycles. The fourth-order valence-electron chi connectivity index (χ4n) is 4.67. The zero-order valence-electron chi connectivity index (χ0n) is 19.4. The first-order chi connectivity index (χ1) is 16.9. The minimum atomic E-state index is -1.27. The van der Waals surface area contributed by atoms with Gasteiger partial charge in [-0.1, -0.05) is 0 Å². The molecular weight excluding hydrogens is 455 g/mol. The highest BCUT2D eigenvalue weighted by Crippen LogP contribution is 2.36. The van der Waals surface area contributed by atoms with E-state index in [1.54, 1.807) is 36.1 Å². The lowest BCUT2D eigenvalue weighted by atomic mass is 9.99. The maximum atomic E-state index is 14.6. The maximum absolute atomic E-state index is 14.6. The van der Waals surface area contributed by atoms with E-state index < -0.39 is 29.7 Å². The lowest BCUT2D eigenvalue weighted by molar-refractivity contribution is -0.118. The molecule has 35 heavy (non-hydrogen) atoms. The topological polar surface area (TPSA) is 106 Å². The van der Waals surface area contributed by atoms with Gasteiger partial charge in [0.15, 0.2) is 17.3 Å². The molecule has 3 aromatic rings. The number of rotatable bonds is 7. The lowest BCUT2D eigenvalue weighted by Gasteiger charge is -2.29. The molecule has 0 radical (unpaired) electrons. The number of ether oxygens (including phenoxy) is 2. The van der Waals surface area contributed by atoms with Crippen molar-refractivity contribution in [3.05, 3.63) is 53.5 Å². The van der Waals surface area contributed by atoms with Gasteiger partial charge in [0.1, 0.15) is 19.3 Å². The Morgan fingerprint density at radius 3 is 2.74 bits per heavy atom. The standard InChI is InChI=1S/C25H27FN4O5/c1-29-20-5-4-15(10-17(20)13-27-29)23(32)25(33)28-19(14-30-6-2-3-7-30)22(31)16-11-18(26)24-21(12-16)34-8-9-35-24/h4-5,10-13,19,22,31H,2-3,6-9,14H2,1H3,(H,28,33)/t19-,22-/m1/s1. The molecule has 2 aromatic carbocycles. The first kappa shape index (κ1) is 23.3. The van der Waals surface area contributed by atoms with E-state index in [0.717, 1.165) is 36.8 Å². The summed E-state index contributed by atoms with van der Waals surface area (Å²) in [6.07, 6.45) is 2.39. The van der Waals surface area contributed by atoms with Crippen molar-refractivity contribution in [1.29, 1.82) is 0 Å². The molecule has 184 valence electrons. The number of benzene rings is 2. The van der Waals surface area contributed by atoms with Crippen LogP contribution in [0.15, 0.2) is 36.5 Å². The normalized spacial score (nSPS) is 17.3. The number of hydrogen-bond acceptors (Lipinski definition) is 7. The second-order valence-electron chi connectivity index (χ2n) is 8.93. The summed E-state index contributed by atoms with van der Waals surface area (Å²) in [4.78, 5) is 28.0. The van der Waals surface area contributed by atoms with Crippen molar-refractivity contribution in [2.45, 2.75) is 25.0 Å². The second-order valence-corrected chi connectivity index (χ2v) is 8.93. The van der Waals surface area contributed by atoms with E-state index in [1.165, 1.54) is 12.1 Å². The lowest BCUT2D eigenvalue weighted by Crippen LogP contribution is -2.48. The fraction of sp³-hybridized carbons (Fsp3) is 0.400. The molecule has 0 aliphatic carbocycles. The summed E-state index contributed by atoms with van der Waals surface area (Å²) in [5.74, 6) is -1.99. The number of carbonyl (C=O) groups is 2. The van der Waals surface area contributed by atoms with Crippen LogP contribution < -0.4 is 14.8 Å². The van der Waals surface area contributed by atoms with E-state index in [1.807, 2.05) is 0 Å². The molecule has 5 rings (SSSR count). The Morgan fingerprint density at radius 2 is 1.94 bits per heavy atom. The zero-order valence-corrected chi connectivity index (χ0v) is 19.4. The summed E-state index contributed by atoms with van der Waals surface area (Å²) in [5.41, 5.74) is 1.30. The van der Waals surface area contributed by atoms with Gasteiger partial charge < -0.3 is 24.8 Å². The van der Waals surface area contributed by atoms with E-state index in [2.05, 4.69) is 15.3 Å². The third kappa shape index (κ3) is 4.71. The summed E-state index contributed by atoms with van der Waals surface area (Å²) < 4.78 is 27.1. The first-order valence-electron chi connectivity index (χ1n) is 11.7. The predicted molar refractivity (Wildman–Crippen MR) is 125 cm³/mol. The van der Waals surface area contributed by atoms with E-state index >= 15 is 0 Å². The Morgan fingerprint density at radius 1 is 1.17 bits per heavy atom. The van der Waals surface area contributed by atoms with Gasteiger partial charge in [0.25, 0.3) is 5.91 Å². The van der Waals surface area contributed by atoms with Crippen molar-refractivity contribution in [2.24, 2.45) is 7.05 Å². The molecule has 3 heterocycles. The number of aliphatic hydroxyl groups is 1. The van der Waals surface area contributed by atoms with Crippen LogP contribution in [0.1, 0.15) is 34.9 Å². The number of fused-ring (bicyclic) bond motifs is 2. The number of halogens is 1. The molecule has 0 bridgehead atoms. The molecule has 0 unspecified atom stereocenters. The number of carbonyl (C=O) groups excluding carboxylic acids is 2. The average molecular weight is 483 g/mol. The number of ketones is 1. The number of nitrogens with zero attached hydrogens (tertiary/aromatic N) is 3. The number of hydrogen-bond donors (Lipinski definition) is 2. The van der Waals surface area contributed by atoms with Crippen molar-refractivity contribution in [3.8, 4) is 11.5 Å². The van der Waals surface area contributed by atoms with Crippen LogP contribution in [0.4, 0.5) is 4.39 Å². The number of aromatic nitrogens is 2. The van der Waals surface area contributed by atoms with Gasteiger partial charge in [-0.25, -0.2) is 4.39 Å². The highest BCUT2D eigenvalue weighted by atomic mass is 19.1. The van der Waals surface area contributed by atoms with Crippen LogP contribution in [0.3, 0.4) is 0 Å². The van der Waals surface area contributed by atoms with Gasteiger partial charge in [-0.15, -0.1) is 0 Å². The third-order valence-electron chi connectivity index (χ3n) is 6.53. The van der Waals surface area contributed by atoms with Crippen LogP contribution >= 0.6 is 0 Å². The van der Waals surface area contributed by atoms with Gasteiger partial charge in [-0.05, 0) is 61.8 Å². The number of amides is 1. The van der Waals surface area contributed by atoms with Gasteiger partial charge in [-0.2, -0.15) is 5.10 Å². The molecule has 1 fully saturated rings. The fourth-order valence-corrected chi connectivity index (χ4v) is 4.67. The molecule has 2 aliphatic rings. The highest BCUT2D eigenvalue weighted by Gasteiger charge is 2.31. The molecule has 2 N–H and O–H groups in total. The number of nitrogens with one attached hydrogen (secondary N) is 1. The summed E-state index contributed by atoms with van der Waals surface area (Å²) >= 11 is 0. The van der Waals surface area contributed by atoms with Gasteiger partial charge >= 0.3 is 0 Å². The van der Waals surface area contributed by atoms with Gasteiger partial charge in [0.05, 0.1) is 17.8 Å². The Labute approximate surface area is 201 Å². The van der Waals surface area contributed by atoms with Gasteiger partial charge in [0.2, 0.25) is 5.78 Å². The number of aryl methyl sites for hydroxylation is 1. The maximum Gasteiger partial charge on any atom is 0.292 e. The second kappa shape index (κ2) is 9.63. The SMILES string of the molecule is Cn1ncc2cc(C(=O)C(=O)N[C@H](CN3CCCC3)[C@H](O)c3cc(F)c4c(c3)OCCO4)ccc21. The molecule has 2 aliphatic heterocycles. The van der Waals surface area contributed by atoms with Crippen molar-refractivity contribution in [1.82, 2.24) is 20.0 Å². The molecule has 0 saturated carbocycles. The third-order valence-corrected chi connectivity index (χ3v) is 6.53. The monoisotopic (exact) mass is 482 g/mol. The molecule has 9 nitrogen and oxygen atoms in total. The van der Waals surface area contributed by atoms with E-state index in [0.29, 0.717) is 6.54 Å². The van der Waals surface area contributed by atoms with E-state index in [4.69, 9.17) is 9.47 Å². The first-order valence-corrected chi connectivity index (χ1v) is 11.7. The molecule has 1 saturated heterocycles. The summed E-state index contributed by atoms with van der Waals surface area (Å²) in [6, 6.07) is 6.79. The van der Waals surface area contributed by atoms with Crippen LogP contribution in [0.2, 0.25) is 0 Å². The van der Waals surface area contributed by atoms with Gasteiger partial charge in [0, 0.05) is 24.5 Å². The Bertz CT molecular complexity index is 1270. The Kier molecular flexibility index (Phi) is 6.40. The number of Topliss-reactive ketones (excluding diaryl/α,β-unsaturated/α-hetero) is 1. The zero-order chi connectivity index (χ0) is 24.5. The van der Waals surface area contributed by atoms with Crippen molar-refractivity contribution in [3.63, 3.8) is 0 Å². The average Bonchev–Trinajstić information content (AvgIpc) is 3.52. The summed E-state index contributed by atoms with van der Waals surface area (Å²) in [6.45, 7) is 2.47. The molecule has 2 atom stereocenters. The molecule has 0 spiro atoms. The van der Waals surface area contributed by atoms with Crippen LogP contribution in [0.5, 0.6) is 11.5 Å². The molecule has 10 heteroatoms. The summed E-state index contributed by atoms with van der Waals surface area (Å²) in [7, 11) is 1.79. The smallest absolute Gasteiger partial charge is 0.292 e. The molecular formula is C25H27FN4O5.